The molecule has 0 spiro atoms. The molecule has 1 aliphatic heterocycles. The second-order valence-electron chi connectivity index (χ2n) is 18.7. The summed E-state index contributed by atoms with van der Waals surface area (Å²) < 4.78 is 11.2. The van der Waals surface area contributed by atoms with Crippen molar-refractivity contribution in [3.05, 3.63) is 24.3 Å². The number of carbonyl (C=O) groups is 1. The Labute approximate surface area is 381 Å². The van der Waals surface area contributed by atoms with E-state index in [1.165, 1.54) is 193 Å². The van der Waals surface area contributed by atoms with Crippen LogP contribution in [-0.2, 0) is 14.3 Å². The van der Waals surface area contributed by atoms with Gasteiger partial charge in [-0.05, 0) is 44.9 Å². The lowest BCUT2D eigenvalue weighted by atomic mass is 9.99. The second-order valence-corrected chi connectivity index (χ2v) is 18.7. The number of carbonyl (C=O) groups excluding carboxylic acids is 1. The zero-order chi connectivity index (χ0) is 45.1. The van der Waals surface area contributed by atoms with Gasteiger partial charge in [0.1, 0.15) is 24.4 Å². The van der Waals surface area contributed by atoms with Crippen LogP contribution in [0.4, 0.5) is 0 Å². The van der Waals surface area contributed by atoms with Gasteiger partial charge < -0.3 is 40.3 Å². The molecule has 0 aliphatic carbocycles. The van der Waals surface area contributed by atoms with Crippen molar-refractivity contribution in [1.82, 2.24) is 5.32 Å². The summed E-state index contributed by atoms with van der Waals surface area (Å²) in [5.41, 5.74) is 0. The zero-order valence-corrected chi connectivity index (χ0v) is 40.4. The Morgan fingerprint density at radius 2 is 0.903 bits per heavy atom. The van der Waals surface area contributed by atoms with E-state index in [2.05, 4.69) is 31.3 Å². The van der Waals surface area contributed by atoms with E-state index < -0.39 is 49.5 Å². The molecule has 0 aromatic heterocycles. The van der Waals surface area contributed by atoms with Crippen molar-refractivity contribution >= 4 is 5.91 Å². The summed E-state index contributed by atoms with van der Waals surface area (Å²) >= 11 is 0. The number of aliphatic hydroxyl groups excluding tert-OH is 5. The van der Waals surface area contributed by atoms with Gasteiger partial charge in [-0.2, -0.15) is 0 Å². The largest absolute Gasteiger partial charge is 0.394 e. The Kier molecular flexibility index (Phi) is 41.2. The lowest BCUT2D eigenvalue weighted by Crippen LogP contribution is -2.60. The number of amides is 1. The van der Waals surface area contributed by atoms with Crippen LogP contribution < -0.4 is 5.32 Å². The number of hydrogen-bond acceptors (Lipinski definition) is 8. The van der Waals surface area contributed by atoms with Gasteiger partial charge in [0.2, 0.25) is 5.91 Å². The number of ether oxygens (including phenoxy) is 2. The minimum atomic E-state index is -1.56. The standard InChI is InChI=1S/C53H101NO8/c1-3-5-7-9-11-13-15-17-18-19-20-21-22-23-24-25-26-27-28-29-30-31-33-35-37-39-41-43-49(57)54-46(45-61-53-52(60)51(59)50(58)48(44-55)62-53)47(56)42-40-38-36-34-32-16-14-12-10-8-6-4-2/h19-20,40,42,46-48,50-53,55-56,58-60H,3-18,21-39,41,43-45H2,1-2H3,(H,54,57)/b20-19-,42-40+. The highest BCUT2D eigenvalue weighted by atomic mass is 16.7. The highest BCUT2D eigenvalue weighted by Gasteiger charge is 2.44. The number of hydrogen-bond donors (Lipinski definition) is 6. The van der Waals surface area contributed by atoms with Gasteiger partial charge in [-0.15, -0.1) is 0 Å². The summed E-state index contributed by atoms with van der Waals surface area (Å²) in [6.07, 6.45) is 46.7. The first-order chi connectivity index (χ1) is 30.3. The molecule has 9 heteroatoms. The Morgan fingerprint density at radius 1 is 0.532 bits per heavy atom. The van der Waals surface area contributed by atoms with Gasteiger partial charge in [0, 0.05) is 6.42 Å². The van der Waals surface area contributed by atoms with E-state index in [-0.39, 0.29) is 12.5 Å². The van der Waals surface area contributed by atoms with Gasteiger partial charge in [-0.3, -0.25) is 4.79 Å². The van der Waals surface area contributed by atoms with Crippen LogP contribution in [0.3, 0.4) is 0 Å². The summed E-state index contributed by atoms with van der Waals surface area (Å²) in [7, 11) is 0. The maximum Gasteiger partial charge on any atom is 0.220 e. The van der Waals surface area contributed by atoms with Crippen LogP contribution in [0.1, 0.15) is 251 Å². The van der Waals surface area contributed by atoms with E-state index in [4.69, 9.17) is 9.47 Å². The van der Waals surface area contributed by atoms with Crippen LogP contribution in [0, 0.1) is 0 Å². The summed E-state index contributed by atoms with van der Waals surface area (Å²) in [5, 5.41) is 54.3. The predicted molar refractivity (Wildman–Crippen MR) is 258 cm³/mol. The lowest BCUT2D eigenvalue weighted by molar-refractivity contribution is -0.302. The molecule has 1 saturated heterocycles. The number of aliphatic hydroxyl groups is 5. The highest BCUT2D eigenvalue weighted by molar-refractivity contribution is 5.76. The smallest absolute Gasteiger partial charge is 0.220 e. The maximum absolute atomic E-state index is 13.0. The zero-order valence-electron chi connectivity index (χ0n) is 40.4. The van der Waals surface area contributed by atoms with E-state index in [0.717, 1.165) is 38.5 Å². The van der Waals surface area contributed by atoms with Gasteiger partial charge in [-0.1, -0.05) is 224 Å². The summed E-state index contributed by atoms with van der Waals surface area (Å²) in [6, 6.07) is -0.801. The molecule has 0 radical (unpaired) electrons. The summed E-state index contributed by atoms with van der Waals surface area (Å²) in [4.78, 5) is 13.0. The molecule has 0 aromatic carbocycles. The molecule has 0 aromatic rings. The van der Waals surface area contributed by atoms with Crippen LogP contribution in [0.2, 0.25) is 0 Å². The molecule has 1 amide bonds. The van der Waals surface area contributed by atoms with Crippen LogP contribution in [0.25, 0.3) is 0 Å². The van der Waals surface area contributed by atoms with Gasteiger partial charge in [-0.25, -0.2) is 0 Å². The fraction of sp³-hybridized carbons (Fsp3) is 0.906. The third-order valence-corrected chi connectivity index (χ3v) is 12.8. The van der Waals surface area contributed by atoms with Gasteiger partial charge in [0.05, 0.1) is 25.4 Å². The Morgan fingerprint density at radius 3 is 1.31 bits per heavy atom. The van der Waals surface area contributed by atoms with E-state index in [1.807, 2.05) is 6.08 Å². The molecule has 9 nitrogen and oxygen atoms in total. The van der Waals surface area contributed by atoms with Crippen LogP contribution >= 0.6 is 0 Å². The molecule has 62 heavy (non-hydrogen) atoms. The number of allylic oxidation sites excluding steroid dienone is 3. The van der Waals surface area contributed by atoms with Crippen molar-refractivity contribution in [3.63, 3.8) is 0 Å². The van der Waals surface area contributed by atoms with Crippen molar-refractivity contribution in [1.29, 1.82) is 0 Å². The first kappa shape index (κ1) is 58.7. The maximum atomic E-state index is 13.0. The minimum absolute atomic E-state index is 0.175. The fourth-order valence-corrected chi connectivity index (χ4v) is 8.51. The molecule has 1 heterocycles. The van der Waals surface area contributed by atoms with Gasteiger partial charge >= 0.3 is 0 Å². The van der Waals surface area contributed by atoms with E-state index in [9.17, 15) is 30.3 Å². The molecule has 0 saturated carbocycles. The van der Waals surface area contributed by atoms with E-state index >= 15 is 0 Å². The molecule has 1 fully saturated rings. The number of nitrogens with one attached hydrogen (secondary N) is 1. The van der Waals surface area contributed by atoms with Crippen molar-refractivity contribution in [2.75, 3.05) is 13.2 Å². The molecular weight excluding hydrogens is 779 g/mol. The normalized spacial score (nSPS) is 20.4. The van der Waals surface area contributed by atoms with Crippen molar-refractivity contribution in [2.45, 2.75) is 294 Å². The molecule has 7 atom stereocenters. The lowest BCUT2D eigenvalue weighted by Gasteiger charge is -2.40. The third-order valence-electron chi connectivity index (χ3n) is 12.8. The van der Waals surface area contributed by atoms with Crippen molar-refractivity contribution < 1.29 is 39.8 Å². The summed E-state index contributed by atoms with van der Waals surface area (Å²) in [5.74, 6) is -0.175. The average Bonchev–Trinajstić information content (AvgIpc) is 3.27. The predicted octanol–water partition coefficient (Wildman–Crippen LogP) is 12.2. The molecule has 7 unspecified atom stereocenters. The highest BCUT2D eigenvalue weighted by Crippen LogP contribution is 2.23. The van der Waals surface area contributed by atoms with Crippen LogP contribution in [0.5, 0.6) is 0 Å². The summed E-state index contributed by atoms with van der Waals surface area (Å²) in [6.45, 7) is 3.78. The molecule has 0 bridgehead atoms. The van der Waals surface area contributed by atoms with Crippen LogP contribution in [0.15, 0.2) is 24.3 Å². The van der Waals surface area contributed by atoms with Gasteiger partial charge in [0.25, 0.3) is 0 Å². The molecule has 1 aliphatic rings. The van der Waals surface area contributed by atoms with Gasteiger partial charge in [0.15, 0.2) is 6.29 Å². The molecule has 6 N–H and O–H groups in total. The average molecular weight is 880 g/mol. The van der Waals surface area contributed by atoms with E-state index in [0.29, 0.717) is 6.42 Å². The van der Waals surface area contributed by atoms with Crippen molar-refractivity contribution in [3.8, 4) is 0 Å². The second kappa shape index (κ2) is 43.6. The van der Waals surface area contributed by atoms with Crippen molar-refractivity contribution in [2.24, 2.45) is 0 Å². The number of rotatable bonds is 45. The first-order valence-electron chi connectivity index (χ1n) is 26.6. The minimum Gasteiger partial charge on any atom is -0.394 e. The third kappa shape index (κ3) is 33.2. The number of unbranched alkanes of at least 4 members (excludes halogenated alkanes) is 33. The quantitative estimate of drug-likeness (QED) is 0.0262. The SMILES string of the molecule is CCCCCCCCCC/C=C\CCCCCCCCCCCCCCCCCC(=O)NC(COC1OC(CO)C(O)C(O)C1O)C(O)/C=C/CCCCCCCCCCCC. The monoisotopic (exact) mass is 880 g/mol. The van der Waals surface area contributed by atoms with Crippen LogP contribution in [-0.4, -0.2) is 87.5 Å². The fourth-order valence-electron chi connectivity index (χ4n) is 8.51. The Hall–Kier alpha value is -1.33. The molecule has 1 rings (SSSR count). The Bertz CT molecular complexity index is 1020. The Balaban J connectivity index is 2.18. The topological polar surface area (TPSA) is 149 Å². The molecular formula is C53H101NO8. The van der Waals surface area contributed by atoms with E-state index in [1.54, 1.807) is 6.08 Å². The molecule has 366 valence electrons. The first-order valence-corrected chi connectivity index (χ1v) is 26.6.